The molecule has 0 fully saturated rings. The predicted octanol–water partition coefficient (Wildman–Crippen LogP) is 2.24. The van der Waals surface area contributed by atoms with E-state index in [1.54, 1.807) is 28.8 Å². The number of amides is 1. The van der Waals surface area contributed by atoms with Gasteiger partial charge in [0.2, 0.25) is 5.91 Å². The van der Waals surface area contributed by atoms with Crippen molar-refractivity contribution < 1.29 is 4.79 Å². The first kappa shape index (κ1) is 14.1. The van der Waals surface area contributed by atoms with E-state index in [0.717, 1.165) is 5.75 Å². The van der Waals surface area contributed by atoms with Gasteiger partial charge in [-0.1, -0.05) is 30.3 Å². The SMILES string of the molecule is CC(SCc1ccccc1)C(=O)N(C)N(C)C. The summed E-state index contributed by atoms with van der Waals surface area (Å²) in [6.45, 7) is 1.95. The molecule has 0 N–H and O–H groups in total. The molecule has 1 aromatic rings. The molecule has 0 aliphatic carbocycles. The Kier molecular flexibility index (Phi) is 5.51. The Balaban J connectivity index is 2.45. The average Bonchev–Trinajstić information content (AvgIpc) is 2.35. The van der Waals surface area contributed by atoms with Crippen LogP contribution in [0.1, 0.15) is 12.5 Å². The van der Waals surface area contributed by atoms with Gasteiger partial charge in [-0.15, -0.1) is 11.8 Å². The molecule has 0 spiro atoms. The summed E-state index contributed by atoms with van der Waals surface area (Å²) in [6, 6.07) is 10.2. The second-order valence-electron chi connectivity index (χ2n) is 4.15. The van der Waals surface area contributed by atoms with Crippen LogP contribution in [0.25, 0.3) is 0 Å². The van der Waals surface area contributed by atoms with Crippen molar-refractivity contribution in [1.29, 1.82) is 0 Å². The number of thioether (sulfide) groups is 1. The summed E-state index contributed by atoms with van der Waals surface area (Å²) in [5.74, 6) is 1.01. The first-order valence-corrected chi connectivity index (χ1v) is 6.67. The zero-order chi connectivity index (χ0) is 12.8. The van der Waals surface area contributed by atoms with Crippen LogP contribution in [-0.4, -0.2) is 42.3 Å². The largest absolute Gasteiger partial charge is 0.278 e. The van der Waals surface area contributed by atoms with Crippen molar-refractivity contribution >= 4 is 17.7 Å². The Morgan fingerprint density at radius 2 is 1.82 bits per heavy atom. The van der Waals surface area contributed by atoms with Crippen LogP contribution < -0.4 is 0 Å². The molecule has 0 aromatic heterocycles. The highest BCUT2D eigenvalue weighted by Crippen LogP contribution is 2.19. The third-order valence-electron chi connectivity index (χ3n) is 2.61. The van der Waals surface area contributed by atoms with E-state index >= 15 is 0 Å². The van der Waals surface area contributed by atoms with Gasteiger partial charge in [-0.25, -0.2) is 5.01 Å². The fourth-order valence-corrected chi connectivity index (χ4v) is 2.26. The molecule has 1 unspecified atom stereocenters. The molecule has 1 rings (SSSR count). The Hall–Kier alpha value is -1.00. The molecule has 1 amide bonds. The van der Waals surface area contributed by atoms with Crippen molar-refractivity contribution in [2.45, 2.75) is 17.9 Å². The zero-order valence-electron chi connectivity index (χ0n) is 10.9. The summed E-state index contributed by atoms with van der Waals surface area (Å²) in [4.78, 5) is 12.0. The van der Waals surface area contributed by atoms with E-state index in [1.807, 2.05) is 39.2 Å². The van der Waals surface area contributed by atoms with Crippen molar-refractivity contribution in [2.75, 3.05) is 21.1 Å². The van der Waals surface area contributed by atoms with E-state index in [9.17, 15) is 4.79 Å². The minimum Gasteiger partial charge on any atom is -0.278 e. The smallest absolute Gasteiger partial charge is 0.249 e. The first-order valence-electron chi connectivity index (χ1n) is 5.62. The maximum atomic E-state index is 12.0. The van der Waals surface area contributed by atoms with E-state index in [0.29, 0.717) is 0 Å². The molecule has 1 atom stereocenters. The second kappa shape index (κ2) is 6.67. The Morgan fingerprint density at radius 1 is 1.24 bits per heavy atom. The van der Waals surface area contributed by atoms with Crippen LogP contribution in [0.2, 0.25) is 0 Å². The lowest BCUT2D eigenvalue weighted by molar-refractivity contribution is -0.140. The van der Waals surface area contributed by atoms with Gasteiger partial charge in [-0.2, -0.15) is 0 Å². The van der Waals surface area contributed by atoms with Gasteiger partial charge in [-0.05, 0) is 12.5 Å². The predicted molar refractivity (Wildman–Crippen MR) is 73.7 cm³/mol. The Labute approximate surface area is 108 Å². The molecule has 94 valence electrons. The van der Waals surface area contributed by atoms with Crippen LogP contribution in [0.3, 0.4) is 0 Å². The average molecular weight is 252 g/mol. The summed E-state index contributed by atoms with van der Waals surface area (Å²) < 4.78 is 0. The van der Waals surface area contributed by atoms with Gasteiger partial charge in [0, 0.05) is 26.9 Å². The van der Waals surface area contributed by atoms with E-state index in [4.69, 9.17) is 0 Å². The second-order valence-corrected chi connectivity index (χ2v) is 5.48. The van der Waals surface area contributed by atoms with Gasteiger partial charge in [0.25, 0.3) is 0 Å². The van der Waals surface area contributed by atoms with Crippen molar-refractivity contribution in [1.82, 2.24) is 10.0 Å². The number of hydrazine groups is 1. The lowest BCUT2D eigenvalue weighted by Gasteiger charge is -2.26. The van der Waals surface area contributed by atoms with Crippen LogP contribution in [0.5, 0.6) is 0 Å². The minimum absolute atomic E-state index is 0.0254. The summed E-state index contributed by atoms with van der Waals surface area (Å²) in [5, 5.41) is 3.41. The van der Waals surface area contributed by atoms with Crippen molar-refractivity contribution in [2.24, 2.45) is 0 Å². The number of hydrogen-bond donors (Lipinski definition) is 0. The highest BCUT2D eigenvalue weighted by Gasteiger charge is 2.18. The van der Waals surface area contributed by atoms with Gasteiger partial charge in [-0.3, -0.25) is 9.80 Å². The number of benzene rings is 1. The number of carbonyl (C=O) groups excluding carboxylic acids is 1. The van der Waals surface area contributed by atoms with Gasteiger partial charge in [0.05, 0.1) is 5.25 Å². The van der Waals surface area contributed by atoms with Crippen molar-refractivity contribution in [3.05, 3.63) is 35.9 Å². The number of carbonyl (C=O) groups is 1. The molecule has 0 saturated carbocycles. The topological polar surface area (TPSA) is 23.6 Å². The Morgan fingerprint density at radius 3 is 2.35 bits per heavy atom. The lowest BCUT2D eigenvalue weighted by atomic mass is 10.2. The van der Waals surface area contributed by atoms with Gasteiger partial charge >= 0.3 is 0 Å². The molecule has 0 aliphatic rings. The fourth-order valence-electron chi connectivity index (χ4n) is 1.33. The van der Waals surface area contributed by atoms with Crippen LogP contribution in [0, 0.1) is 0 Å². The van der Waals surface area contributed by atoms with Crippen molar-refractivity contribution in [3.63, 3.8) is 0 Å². The molecular formula is C13H20N2OS. The van der Waals surface area contributed by atoms with E-state index in [-0.39, 0.29) is 11.2 Å². The normalized spacial score (nSPS) is 12.5. The van der Waals surface area contributed by atoms with Gasteiger partial charge < -0.3 is 0 Å². The van der Waals surface area contributed by atoms with Crippen molar-refractivity contribution in [3.8, 4) is 0 Å². The van der Waals surface area contributed by atoms with Gasteiger partial charge in [0.1, 0.15) is 0 Å². The van der Waals surface area contributed by atoms with Crippen LogP contribution >= 0.6 is 11.8 Å². The molecule has 0 bridgehead atoms. The third kappa shape index (κ3) is 4.40. The quantitative estimate of drug-likeness (QED) is 0.751. The highest BCUT2D eigenvalue weighted by molar-refractivity contribution is 7.99. The molecule has 0 heterocycles. The minimum atomic E-state index is -0.0254. The molecule has 1 aromatic carbocycles. The maximum absolute atomic E-state index is 12.0. The summed E-state index contributed by atoms with van der Waals surface area (Å²) in [6.07, 6.45) is 0. The van der Waals surface area contributed by atoms with Gasteiger partial charge in [0.15, 0.2) is 0 Å². The van der Waals surface area contributed by atoms with Crippen LogP contribution in [0.4, 0.5) is 0 Å². The first-order chi connectivity index (χ1) is 8.02. The summed E-state index contributed by atoms with van der Waals surface area (Å²) in [7, 11) is 5.53. The third-order valence-corrected chi connectivity index (χ3v) is 3.81. The maximum Gasteiger partial charge on any atom is 0.249 e. The molecule has 3 nitrogen and oxygen atoms in total. The van der Waals surface area contributed by atoms with E-state index < -0.39 is 0 Å². The van der Waals surface area contributed by atoms with Crippen LogP contribution in [-0.2, 0) is 10.5 Å². The molecule has 0 saturated heterocycles. The standard InChI is InChI=1S/C13H20N2OS/c1-11(13(16)15(4)14(2)3)17-10-12-8-6-5-7-9-12/h5-9,11H,10H2,1-4H3. The molecule has 0 aliphatic heterocycles. The molecule has 4 heteroatoms. The fraction of sp³-hybridized carbons (Fsp3) is 0.462. The molecule has 17 heavy (non-hydrogen) atoms. The summed E-state index contributed by atoms with van der Waals surface area (Å²) in [5.41, 5.74) is 1.25. The zero-order valence-corrected chi connectivity index (χ0v) is 11.7. The number of hydrogen-bond acceptors (Lipinski definition) is 3. The van der Waals surface area contributed by atoms with Crippen LogP contribution in [0.15, 0.2) is 30.3 Å². The highest BCUT2D eigenvalue weighted by atomic mass is 32.2. The molecule has 0 radical (unpaired) electrons. The van der Waals surface area contributed by atoms with E-state index in [1.165, 1.54) is 5.56 Å². The summed E-state index contributed by atoms with van der Waals surface area (Å²) >= 11 is 1.67. The monoisotopic (exact) mass is 252 g/mol. The molecular weight excluding hydrogens is 232 g/mol. The van der Waals surface area contributed by atoms with E-state index in [2.05, 4.69) is 12.1 Å². The Bertz CT molecular complexity index is 354. The lowest BCUT2D eigenvalue weighted by Crippen LogP contribution is -2.42. The number of rotatable bonds is 5. The number of nitrogens with zero attached hydrogens (tertiary/aromatic N) is 2.